The molecule has 2 heterocycles. The Labute approximate surface area is 172 Å². The molecule has 0 spiro atoms. The Bertz CT molecular complexity index is 831. The number of benzene rings is 2. The normalized spacial score (nSPS) is 16.4. The van der Waals surface area contributed by atoms with Crippen LogP contribution in [0.1, 0.15) is 12.0 Å². The van der Waals surface area contributed by atoms with Crippen molar-refractivity contribution >= 4 is 17.3 Å². The summed E-state index contributed by atoms with van der Waals surface area (Å²) >= 11 is 0. The molecule has 1 amide bonds. The number of piperazine rings is 1. The topological polar surface area (TPSA) is 45.2 Å². The van der Waals surface area contributed by atoms with E-state index in [1.54, 1.807) is 14.2 Å². The van der Waals surface area contributed by atoms with Gasteiger partial charge in [0.25, 0.3) is 0 Å². The van der Waals surface area contributed by atoms with Gasteiger partial charge in [-0.25, -0.2) is 0 Å². The van der Waals surface area contributed by atoms with E-state index in [9.17, 15) is 4.79 Å². The zero-order valence-electron chi connectivity index (χ0n) is 17.3. The number of rotatable bonds is 5. The van der Waals surface area contributed by atoms with Crippen LogP contribution in [0.25, 0.3) is 0 Å². The molecule has 1 fully saturated rings. The molecule has 0 unspecified atom stereocenters. The second kappa shape index (κ2) is 8.64. The van der Waals surface area contributed by atoms with Crippen LogP contribution in [-0.2, 0) is 11.2 Å². The highest BCUT2D eigenvalue weighted by Crippen LogP contribution is 2.36. The minimum atomic E-state index is 0.193. The molecule has 6 heteroatoms. The second-order valence-corrected chi connectivity index (χ2v) is 7.56. The Hall–Kier alpha value is -2.89. The monoisotopic (exact) mass is 395 g/mol. The van der Waals surface area contributed by atoms with Gasteiger partial charge >= 0.3 is 0 Å². The summed E-state index contributed by atoms with van der Waals surface area (Å²) in [7, 11) is 3.37. The number of ether oxygens (including phenoxy) is 2. The third-order valence-corrected chi connectivity index (χ3v) is 5.89. The van der Waals surface area contributed by atoms with Gasteiger partial charge in [0.1, 0.15) is 11.5 Å². The van der Waals surface area contributed by atoms with Gasteiger partial charge < -0.3 is 24.2 Å². The van der Waals surface area contributed by atoms with Crippen LogP contribution >= 0.6 is 0 Å². The lowest BCUT2D eigenvalue weighted by atomic mass is 10.0. The summed E-state index contributed by atoms with van der Waals surface area (Å²) < 4.78 is 10.8. The molecule has 2 aromatic carbocycles. The Morgan fingerprint density at radius 3 is 2.38 bits per heavy atom. The summed E-state index contributed by atoms with van der Waals surface area (Å²) in [6.45, 7) is 4.49. The number of amides is 1. The molecular weight excluding hydrogens is 366 g/mol. The van der Waals surface area contributed by atoms with Crippen molar-refractivity contribution in [3.63, 3.8) is 0 Å². The van der Waals surface area contributed by atoms with E-state index < -0.39 is 0 Å². The molecule has 0 radical (unpaired) electrons. The quantitative estimate of drug-likeness (QED) is 0.779. The highest BCUT2D eigenvalue weighted by molar-refractivity contribution is 5.83. The average molecular weight is 396 g/mol. The molecule has 154 valence electrons. The molecule has 2 aliphatic heterocycles. The minimum absolute atomic E-state index is 0.193. The Morgan fingerprint density at radius 2 is 1.69 bits per heavy atom. The second-order valence-electron chi connectivity index (χ2n) is 7.56. The number of para-hydroxylation sites is 1. The van der Waals surface area contributed by atoms with E-state index >= 15 is 0 Å². The van der Waals surface area contributed by atoms with Gasteiger partial charge in [-0.1, -0.05) is 12.1 Å². The third-order valence-electron chi connectivity index (χ3n) is 5.89. The summed E-state index contributed by atoms with van der Waals surface area (Å²) in [6, 6.07) is 14.3. The van der Waals surface area contributed by atoms with Crippen LogP contribution in [0, 0.1) is 0 Å². The summed E-state index contributed by atoms with van der Waals surface area (Å²) in [5, 5.41) is 0. The van der Waals surface area contributed by atoms with Crippen molar-refractivity contribution in [3.8, 4) is 11.5 Å². The van der Waals surface area contributed by atoms with Gasteiger partial charge in [-0.05, 0) is 48.7 Å². The molecule has 0 atom stereocenters. The van der Waals surface area contributed by atoms with Crippen molar-refractivity contribution < 1.29 is 14.3 Å². The van der Waals surface area contributed by atoms with Crippen LogP contribution in [0.15, 0.2) is 42.5 Å². The predicted octanol–water partition coefficient (Wildman–Crippen LogP) is 2.81. The summed E-state index contributed by atoms with van der Waals surface area (Å²) in [5.74, 6) is 1.91. The highest BCUT2D eigenvalue weighted by atomic mass is 16.5. The standard InChI is InChI=1S/C23H29N3O3/c1-28-20-10-8-19(9-11-20)24-13-15-25(16-14-24)22(27)17-26-12-4-6-18-5-3-7-21(29-2)23(18)26/h3,5,7-11H,4,6,12-17H2,1-2H3. The predicted molar refractivity (Wildman–Crippen MR) is 115 cm³/mol. The highest BCUT2D eigenvalue weighted by Gasteiger charge is 2.26. The van der Waals surface area contributed by atoms with Gasteiger partial charge in [-0.3, -0.25) is 4.79 Å². The van der Waals surface area contributed by atoms with E-state index in [1.165, 1.54) is 11.3 Å². The molecule has 4 rings (SSSR count). The molecule has 0 aliphatic carbocycles. The van der Waals surface area contributed by atoms with E-state index in [-0.39, 0.29) is 5.91 Å². The van der Waals surface area contributed by atoms with Crippen LogP contribution in [0.5, 0.6) is 11.5 Å². The fourth-order valence-electron chi connectivity index (χ4n) is 4.29. The average Bonchev–Trinajstić information content (AvgIpc) is 2.79. The van der Waals surface area contributed by atoms with Crippen LogP contribution in [0.3, 0.4) is 0 Å². The van der Waals surface area contributed by atoms with E-state index in [0.29, 0.717) is 6.54 Å². The minimum Gasteiger partial charge on any atom is -0.497 e. The molecule has 0 bridgehead atoms. The first kappa shape index (κ1) is 19.4. The van der Waals surface area contributed by atoms with Gasteiger partial charge in [0, 0.05) is 38.4 Å². The number of aryl methyl sites for hydroxylation is 1. The lowest BCUT2D eigenvalue weighted by molar-refractivity contribution is -0.130. The number of hydrogen-bond donors (Lipinski definition) is 0. The number of anilines is 2. The van der Waals surface area contributed by atoms with Crippen LogP contribution in [0.4, 0.5) is 11.4 Å². The van der Waals surface area contributed by atoms with E-state index in [1.807, 2.05) is 29.2 Å². The number of hydrogen-bond acceptors (Lipinski definition) is 5. The number of methoxy groups -OCH3 is 2. The van der Waals surface area contributed by atoms with Crippen molar-refractivity contribution in [2.45, 2.75) is 12.8 Å². The zero-order chi connectivity index (χ0) is 20.2. The molecule has 1 saturated heterocycles. The molecule has 29 heavy (non-hydrogen) atoms. The SMILES string of the molecule is COc1ccc(N2CCN(C(=O)CN3CCCc4cccc(OC)c43)CC2)cc1. The lowest BCUT2D eigenvalue weighted by Gasteiger charge is -2.38. The van der Waals surface area contributed by atoms with E-state index in [0.717, 1.165) is 62.8 Å². The molecule has 0 aromatic heterocycles. The molecular formula is C23H29N3O3. The molecule has 0 N–H and O–H groups in total. The van der Waals surface area contributed by atoms with Crippen LogP contribution < -0.4 is 19.3 Å². The summed E-state index contributed by atoms with van der Waals surface area (Å²) in [5.41, 5.74) is 3.53. The van der Waals surface area contributed by atoms with Crippen molar-refractivity contribution in [1.82, 2.24) is 4.90 Å². The van der Waals surface area contributed by atoms with Crippen LogP contribution in [-0.4, -0.2) is 64.3 Å². The van der Waals surface area contributed by atoms with Crippen molar-refractivity contribution in [3.05, 3.63) is 48.0 Å². The molecule has 6 nitrogen and oxygen atoms in total. The fraction of sp³-hybridized carbons (Fsp3) is 0.435. The maximum absolute atomic E-state index is 13.0. The molecule has 2 aromatic rings. The van der Waals surface area contributed by atoms with Gasteiger partial charge in [-0.2, -0.15) is 0 Å². The largest absolute Gasteiger partial charge is 0.497 e. The van der Waals surface area contributed by atoms with Crippen molar-refractivity contribution in [1.29, 1.82) is 0 Å². The first-order valence-electron chi connectivity index (χ1n) is 10.3. The van der Waals surface area contributed by atoms with Gasteiger partial charge in [0.2, 0.25) is 5.91 Å². The Balaban J connectivity index is 1.37. The lowest BCUT2D eigenvalue weighted by Crippen LogP contribution is -2.51. The molecule has 0 saturated carbocycles. The third kappa shape index (κ3) is 4.11. The van der Waals surface area contributed by atoms with Crippen molar-refractivity contribution in [2.24, 2.45) is 0 Å². The first-order chi connectivity index (χ1) is 14.2. The van der Waals surface area contributed by atoms with Gasteiger partial charge in [0.05, 0.1) is 26.5 Å². The summed E-state index contributed by atoms with van der Waals surface area (Å²) in [4.78, 5) is 19.5. The van der Waals surface area contributed by atoms with Gasteiger partial charge in [-0.15, -0.1) is 0 Å². The number of fused-ring (bicyclic) bond motifs is 1. The van der Waals surface area contributed by atoms with Crippen molar-refractivity contribution in [2.75, 3.05) is 63.3 Å². The number of nitrogens with zero attached hydrogens (tertiary/aromatic N) is 3. The zero-order valence-corrected chi connectivity index (χ0v) is 17.3. The Kier molecular flexibility index (Phi) is 5.79. The fourth-order valence-corrected chi connectivity index (χ4v) is 4.29. The number of carbonyl (C=O) groups excluding carboxylic acids is 1. The van der Waals surface area contributed by atoms with Gasteiger partial charge in [0.15, 0.2) is 0 Å². The number of carbonyl (C=O) groups is 1. The maximum atomic E-state index is 13.0. The maximum Gasteiger partial charge on any atom is 0.242 e. The first-order valence-corrected chi connectivity index (χ1v) is 10.3. The Morgan fingerprint density at radius 1 is 0.931 bits per heavy atom. The van der Waals surface area contributed by atoms with E-state index in [4.69, 9.17) is 9.47 Å². The summed E-state index contributed by atoms with van der Waals surface area (Å²) in [6.07, 6.45) is 2.11. The van der Waals surface area contributed by atoms with E-state index in [2.05, 4.69) is 28.0 Å². The molecule has 2 aliphatic rings. The smallest absolute Gasteiger partial charge is 0.242 e. The van der Waals surface area contributed by atoms with Crippen LogP contribution in [0.2, 0.25) is 0 Å².